The zero-order valence-corrected chi connectivity index (χ0v) is 15.8. The summed E-state index contributed by atoms with van der Waals surface area (Å²) in [5.41, 5.74) is 1.79. The zero-order valence-electron chi connectivity index (χ0n) is 15.8. The topological polar surface area (TPSA) is 52.6 Å². The molecule has 4 rings (SSSR count). The highest BCUT2D eigenvalue weighted by Gasteiger charge is 2.49. The molecule has 0 bridgehead atoms. The maximum absolute atomic E-state index is 13.9. The summed E-state index contributed by atoms with van der Waals surface area (Å²) in [6.07, 6.45) is 1.59. The Morgan fingerprint density at radius 2 is 2.00 bits per heavy atom. The summed E-state index contributed by atoms with van der Waals surface area (Å²) in [5.74, 6) is 1.22. The van der Waals surface area contributed by atoms with E-state index in [9.17, 15) is 9.18 Å². The van der Waals surface area contributed by atoms with Crippen LogP contribution in [0.2, 0.25) is 0 Å². The molecule has 7 heteroatoms. The standard InChI is InChI=1S/C20H24FN5O/c1-13-7-18(23-12-22-13)25-9-15-10-26(20(27)24(2)3)19(17(15)11-25)14-5-4-6-16(21)8-14/h4-8,12,15,17,19H,9-11H2,1-3H3/t15-,17-,19+/m1/s1. The van der Waals surface area contributed by atoms with Gasteiger partial charge in [0.05, 0.1) is 6.04 Å². The molecule has 1 aromatic carbocycles. The van der Waals surface area contributed by atoms with E-state index in [4.69, 9.17) is 0 Å². The molecule has 2 aliphatic rings. The molecule has 0 radical (unpaired) electrons. The number of benzene rings is 1. The zero-order chi connectivity index (χ0) is 19.1. The Bertz CT molecular complexity index is 858. The van der Waals surface area contributed by atoms with Gasteiger partial charge in [0.1, 0.15) is 18.0 Å². The molecule has 27 heavy (non-hydrogen) atoms. The largest absolute Gasteiger partial charge is 0.356 e. The van der Waals surface area contributed by atoms with Crippen molar-refractivity contribution in [1.82, 2.24) is 19.8 Å². The molecule has 3 heterocycles. The van der Waals surface area contributed by atoms with E-state index in [0.29, 0.717) is 12.5 Å². The number of likely N-dealkylation sites (tertiary alicyclic amines) is 1. The van der Waals surface area contributed by atoms with E-state index in [2.05, 4.69) is 14.9 Å². The highest BCUT2D eigenvalue weighted by Crippen LogP contribution is 2.46. The Labute approximate surface area is 158 Å². The number of rotatable bonds is 2. The maximum atomic E-state index is 13.9. The van der Waals surface area contributed by atoms with Crippen molar-refractivity contribution in [2.45, 2.75) is 13.0 Å². The number of amides is 2. The SMILES string of the molecule is Cc1cc(N2C[C@@H]3CN(C(=O)N(C)C)[C@@H](c4cccc(F)c4)[C@@H]3C2)ncn1. The summed E-state index contributed by atoms with van der Waals surface area (Å²) in [7, 11) is 3.52. The summed E-state index contributed by atoms with van der Waals surface area (Å²) in [4.78, 5) is 27.1. The molecule has 0 unspecified atom stereocenters. The van der Waals surface area contributed by atoms with E-state index >= 15 is 0 Å². The van der Waals surface area contributed by atoms with E-state index < -0.39 is 0 Å². The third kappa shape index (κ3) is 3.22. The molecule has 6 nitrogen and oxygen atoms in total. The Balaban J connectivity index is 1.65. The van der Waals surface area contributed by atoms with Crippen molar-refractivity contribution >= 4 is 11.8 Å². The minimum absolute atomic E-state index is 0.0249. The Morgan fingerprint density at radius 1 is 1.19 bits per heavy atom. The van der Waals surface area contributed by atoms with Gasteiger partial charge in [0.2, 0.25) is 0 Å². The average molecular weight is 369 g/mol. The van der Waals surface area contributed by atoms with Crippen LogP contribution in [0.3, 0.4) is 0 Å². The average Bonchev–Trinajstić information content (AvgIpc) is 3.18. The molecule has 2 aromatic rings. The molecule has 0 N–H and O–H groups in total. The minimum atomic E-state index is -0.269. The van der Waals surface area contributed by atoms with Crippen LogP contribution in [-0.4, -0.2) is 59.5 Å². The molecule has 2 amide bonds. The summed E-state index contributed by atoms with van der Waals surface area (Å²) >= 11 is 0. The molecule has 1 aromatic heterocycles. The van der Waals surface area contributed by atoms with Crippen LogP contribution in [0, 0.1) is 24.6 Å². The van der Waals surface area contributed by atoms with Gasteiger partial charge in [-0.25, -0.2) is 19.2 Å². The van der Waals surface area contributed by atoms with Crippen molar-refractivity contribution in [3.8, 4) is 0 Å². The van der Waals surface area contributed by atoms with Crippen LogP contribution in [0.4, 0.5) is 15.0 Å². The number of carbonyl (C=O) groups excluding carboxylic acids is 1. The van der Waals surface area contributed by atoms with Gasteiger partial charge in [-0.05, 0) is 24.6 Å². The number of urea groups is 1. The molecule has 2 fully saturated rings. The summed E-state index contributed by atoms with van der Waals surface area (Å²) in [5, 5.41) is 0. The van der Waals surface area contributed by atoms with Crippen LogP contribution in [0.1, 0.15) is 17.3 Å². The second-order valence-corrected chi connectivity index (χ2v) is 7.68. The molecule has 142 valence electrons. The number of hydrogen-bond donors (Lipinski definition) is 0. The number of hydrogen-bond acceptors (Lipinski definition) is 4. The number of anilines is 1. The van der Waals surface area contributed by atoms with E-state index in [1.807, 2.05) is 24.0 Å². The van der Waals surface area contributed by atoms with Gasteiger partial charge in [-0.15, -0.1) is 0 Å². The number of nitrogens with zero attached hydrogens (tertiary/aromatic N) is 5. The number of halogens is 1. The number of fused-ring (bicyclic) bond motifs is 1. The number of carbonyl (C=O) groups is 1. The van der Waals surface area contributed by atoms with Gasteiger partial charge in [0.25, 0.3) is 0 Å². The maximum Gasteiger partial charge on any atom is 0.320 e. The number of aromatic nitrogens is 2. The van der Waals surface area contributed by atoms with Gasteiger partial charge in [0.15, 0.2) is 0 Å². The van der Waals surface area contributed by atoms with Gasteiger partial charge in [-0.2, -0.15) is 0 Å². The Kier molecular flexibility index (Phi) is 4.45. The Hall–Kier alpha value is -2.70. The van der Waals surface area contributed by atoms with Gasteiger partial charge < -0.3 is 14.7 Å². The normalized spacial score (nSPS) is 24.2. The van der Waals surface area contributed by atoms with Crippen LogP contribution in [0.5, 0.6) is 0 Å². The lowest BCUT2D eigenvalue weighted by Gasteiger charge is -2.32. The van der Waals surface area contributed by atoms with Crippen LogP contribution in [0.15, 0.2) is 36.7 Å². The lowest BCUT2D eigenvalue weighted by molar-refractivity contribution is 0.159. The van der Waals surface area contributed by atoms with E-state index in [-0.39, 0.29) is 23.8 Å². The van der Waals surface area contributed by atoms with Crippen molar-refractivity contribution in [1.29, 1.82) is 0 Å². The van der Waals surface area contributed by atoms with Gasteiger partial charge in [0, 0.05) is 57.3 Å². The van der Waals surface area contributed by atoms with Gasteiger partial charge in [-0.1, -0.05) is 12.1 Å². The second-order valence-electron chi connectivity index (χ2n) is 7.68. The third-order valence-electron chi connectivity index (χ3n) is 5.60. The van der Waals surface area contributed by atoms with Gasteiger partial charge >= 0.3 is 6.03 Å². The van der Waals surface area contributed by atoms with E-state index in [1.54, 1.807) is 37.5 Å². The third-order valence-corrected chi connectivity index (χ3v) is 5.60. The van der Waals surface area contributed by atoms with Gasteiger partial charge in [-0.3, -0.25) is 0 Å². The lowest BCUT2D eigenvalue weighted by Crippen LogP contribution is -2.41. The first-order chi connectivity index (χ1) is 12.9. The fourth-order valence-electron chi connectivity index (χ4n) is 4.42. The molecule has 2 aliphatic heterocycles. The van der Waals surface area contributed by atoms with Crippen molar-refractivity contribution in [2.75, 3.05) is 38.6 Å². The predicted molar refractivity (Wildman–Crippen MR) is 101 cm³/mol. The highest BCUT2D eigenvalue weighted by molar-refractivity contribution is 5.75. The van der Waals surface area contributed by atoms with Crippen LogP contribution in [-0.2, 0) is 0 Å². The fourth-order valence-corrected chi connectivity index (χ4v) is 4.42. The molecule has 0 spiro atoms. The molecule has 0 aliphatic carbocycles. The van der Waals surface area contributed by atoms with Crippen LogP contribution >= 0.6 is 0 Å². The highest BCUT2D eigenvalue weighted by atomic mass is 19.1. The van der Waals surface area contributed by atoms with E-state index in [0.717, 1.165) is 30.2 Å². The first kappa shape index (κ1) is 17.7. The Morgan fingerprint density at radius 3 is 2.70 bits per heavy atom. The summed E-state index contributed by atoms with van der Waals surface area (Å²) in [6, 6.07) is 8.47. The summed E-state index contributed by atoms with van der Waals surface area (Å²) in [6.45, 7) is 4.25. The molecule has 2 saturated heterocycles. The molecular formula is C20H24FN5O. The predicted octanol–water partition coefficient (Wildman–Crippen LogP) is 2.72. The van der Waals surface area contributed by atoms with Crippen molar-refractivity contribution in [3.05, 3.63) is 53.7 Å². The van der Waals surface area contributed by atoms with Crippen molar-refractivity contribution in [3.63, 3.8) is 0 Å². The van der Waals surface area contributed by atoms with Crippen LogP contribution in [0.25, 0.3) is 0 Å². The summed E-state index contributed by atoms with van der Waals surface area (Å²) < 4.78 is 13.9. The minimum Gasteiger partial charge on any atom is -0.356 e. The monoisotopic (exact) mass is 369 g/mol. The second kappa shape index (κ2) is 6.79. The van der Waals surface area contributed by atoms with Crippen molar-refractivity contribution < 1.29 is 9.18 Å². The lowest BCUT2D eigenvalue weighted by atomic mass is 9.89. The first-order valence-corrected chi connectivity index (χ1v) is 9.21. The van der Waals surface area contributed by atoms with Crippen LogP contribution < -0.4 is 4.90 Å². The first-order valence-electron chi connectivity index (χ1n) is 9.21. The quantitative estimate of drug-likeness (QED) is 0.817. The number of aryl methyl sites for hydroxylation is 1. The van der Waals surface area contributed by atoms with E-state index in [1.165, 1.54) is 6.07 Å². The molecule has 3 atom stereocenters. The smallest absolute Gasteiger partial charge is 0.320 e. The van der Waals surface area contributed by atoms with Crippen molar-refractivity contribution in [2.24, 2.45) is 11.8 Å². The molecule has 0 saturated carbocycles. The molecular weight excluding hydrogens is 345 g/mol. The fraction of sp³-hybridized carbons (Fsp3) is 0.450.